The van der Waals surface area contributed by atoms with E-state index in [0.29, 0.717) is 19.8 Å². The molecule has 0 aromatic carbocycles. The second-order valence-electron chi connectivity index (χ2n) is 2.96. The summed E-state index contributed by atoms with van der Waals surface area (Å²) in [4.78, 5) is 13.2. The second-order valence-corrected chi connectivity index (χ2v) is 2.96. The molecule has 1 heterocycles. The van der Waals surface area contributed by atoms with Crippen LogP contribution in [0.5, 0.6) is 0 Å². The van der Waals surface area contributed by atoms with E-state index in [1.807, 2.05) is 18.7 Å². The number of carbonyl (C=O) groups is 1. The summed E-state index contributed by atoms with van der Waals surface area (Å²) in [6.45, 7) is 5.88. The maximum atomic E-state index is 11.4. The Bertz CT molecular complexity index is 189. The van der Waals surface area contributed by atoms with Gasteiger partial charge in [0, 0.05) is 6.54 Å². The molecule has 0 aliphatic carbocycles. The molecule has 1 amide bonds. The van der Waals surface area contributed by atoms with Crippen molar-refractivity contribution in [1.82, 2.24) is 4.90 Å². The lowest BCUT2D eigenvalue weighted by Crippen LogP contribution is -2.46. The molecule has 1 aliphatic heterocycles. The van der Waals surface area contributed by atoms with Crippen LogP contribution < -0.4 is 0 Å². The molecule has 3 nitrogen and oxygen atoms in total. The lowest BCUT2D eigenvalue weighted by molar-refractivity contribution is -0.133. The van der Waals surface area contributed by atoms with Crippen LogP contribution >= 0.6 is 0 Å². The molecule has 1 rings (SSSR count). The summed E-state index contributed by atoms with van der Waals surface area (Å²) in [6.07, 6.45) is 3.37. The van der Waals surface area contributed by atoms with Crippen molar-refractivity contribution < 1.29 is 9.53 Å². The molecule has 1 unspecified atom stereocenters. The fourth-order valence-electron chi connectivity index (χ4n) is 1.29. The summed E-state index contributed by atoms with van der Waals surface area (Å²) >= 11 is 0. The highest BCUT2D eigenvalue weighted by molar-refractivity contribution is 5.87. The van der Waals surface area contributed by atoms with Crippen molar-refractivity contribution in [3.63, 3.8) is 0 Å². The lowest BCUT2D eigenvalue weighted by atomic mass is 10.2. The number of carbonyl (C=O) groups excluding carboxylic acids is 1. The van der Waals surface area contributed by atoms with Crippen molar-refractivity contribution in [2.45, 2.75) is 19.9 Å². The Balaban J connectivity index is 2.53. The first kappa shape index (κ1) is 9.26. The van der Waals surface area contributed by atoms with Crippen molar-refractivity contribution >= 4 is 5.91 Å². The number of amides is 1. The number of hydrogen-bond donors (Lipinski definition) is 0. The summed E-state index contributed by atoms with van der Waals surface area (Å²) in [5.74, 6) is 0.0910. The Hall–Kier alpha value is -0.830. The van der Waals surface area contributed by atoms with Crippen molar-refractivity contribution in [1.29, 1.82) is 0 Å². The van der Waals surface area contributed by atoms with Gasteiger partial charge in [0.15, 0.2) is 0 Å². The fourth-order valence-corrected chi connectivity index (χ4v) is 1.29. The van der Waals surface area contributed by atoms with Gasteiger partial charge in [-0.25, -0.2) is 0 Å². The first-order valence-corrected chi connectivity index (χ1v) is 4.26. The van der Waals surface area contributed by atoms with Gasteiger partial charge in [0.25, 0.3) is 0 Å². The van der Waals surface area contributed by atoms with Crippen molar-refractivity contribution in [3.05, 3.63) is 12.2 Å². The standard InChI is InChI=1S/C9H15NO2/c1-3-4-9(11)10-5-6-12-7-8(10)2/h3-4,8H,5-7H2,1-2H3/b4-3+. The summed E-state index contributed by atoms with van der Waals surface area (Å²) in [7, 11) is 0. The van der Waals surface area contributed by atoms with Gasteiger partial charge in [-0.05, 0) is 19.9 Å². The van der Waals surface area contributed by atoms with Gasteiger partial charge in [0.05, 0.1) is 19.3 Å². The second kappa shape index (κ2) is 4.26. The third-order valence-electron chi connectivity index (χ3n) is 1.96. The number of rotatable bonds is 1. The van der Waals surface area contributed by atoms with Crippen LogP contribution in [0.15, 0.2) is 12.2 Å². The van der Waals surface area contributed by atoms with Gasteiger partial charge in [0.1, 0.15) is 0 Å². The molecule has 0 aromatic rings. The molecule has 0 spiro atoms. The molecule has 12 heavy (non-hydrogen) atoms. The summed E-state index contributed by atoms with van der Waals surface area (Å²) in [5, 5.41) is 0. The zero-order valence-electron chi connectivity index (χ0n) is 7.62. The topological polar surface area (TPSA) is 29.5 Å². The van der Waals surface area contributed by atoms with Crippen molar-refractivity contribution in [3.8, 4) is 0 Å². The molecule has 1 saturated heterocycles. The summed E-state index contributed by atoms with van der Waals surface area (Å²) < 4.78 is 5.22. The molecule has 0 aromatic heterocycles. The average Bonchev–Trinajstić information content (AvgIpc) is 2.05. The molecule has 0 radical (unpaired) electrons. The van der Waals surface area contributed by atoms with E-state index in [1.165, 1.54) is 0 Å². The van der Waals surface area contributed by atoms with E-state index in [4.69, 9.17) is 4.74 Å². The molecular formula is C9H15NO2. The first-order valence-electron chi connectivity index (χ1n) is 4.26. The molecular weight excluding hydrogens is 154 g/mol. The van der Waals surface area contributed by atoms with Gasteiger partial charge in [-0.2, -0.15) is 0 Å². The van der Waals surface area contributed by atoms with E-state index in [0.717, 1.165) is 0 Å². The normalized spacial score (nSPS) is 24.8. The van der Waals surface area contributed by atoms with E-state index in [9.17, 15) is 4.79 Å². The van der Waals surface area contributed by atoms with Crippen LogP contribution in [0.1, 0.15) is 13.8 Å². The Morgan fingerprint density at radius 2 is 2.42 bits per heavy atom. The first-order chi connectivity index (χ1) is 5.75. The molecule has 0 N–H and O–H groups in total. The highest BCUT2D eigenvalue weighted by atomic mass is 16.5. The SMILES string of the molecule is C/C=C/C(=O)N1CCOCC1C. The number of ether oxygens (including phenoxy) is 1. The van der Waals surface area contributed by atoms with Crippen LogP contribution in [-0.4, -0.2) is 36.6 Å². The quantitative estimate of drug-likeness (QED) is 0.544. The molecule has 1 aliphatic rings. The van der Waals surface area contributed by atoms with E-state index < -0.39 is 0 Å². The minimum absolute atomic E-state index is 0.0910. The Kier molecular flexibility index (Phi) is 3.29. The predicted octanol–water partition coefficient (Wildman–Crippen LogP) is 0.810. The molecule has 1 atom stereocenters. The van der Waals surface area contributed by atoms with E-state index in [2.05, 4.69) is 0 Å². The molecule has 0 saturated carbocycles. The lowest BCUT2D eigenvalue weighted by Gasteiger charge is -2.32. The van der Waals surface area contributed by atoms with Crippen LogP contribution in [0, 0.1) is 0 Å². The van der Waals surface area contributed by atoms with Gasteiger partial charge in [-0.15, -0.1) is 0 Å². The smallest absolute Gasteiger partial charge is 0.246 e. The van der Waals surface area contributed by atoms with Crippen molar-refractivity contribution in [2.75, 3.05) is 19.8 Å². The van der Waals surface area contributed by atoms with E-state index in [1.54, 1.807) is 12.2 Å². The number of nitrogens with zero attached hydrogens (tertiary/aromatic N) is 1. The van der Waals surface area contributed by atoms with Gasteiger partial charge >= 0.3 is 0 Å². The predicted molar refractivity (Wildman–Crippen MR) is 46.8 cm³/mol. The third kappa shape index (κ3) is 2.08. The maximum absolute atomic E-state index is 11.4. The molecule has 3 heteroatoms. The molecule has 1 fully saturated rings. The van der Waals surface area contributed by atoms with Crippen LogP contribution in [0.2, 0.25) is 0 Å². The minimum Gasteiger partial charge on any atom is -0.377 e. The summed E-state index contributed by atoms with van der Waals surface area (Å²) in [6, 6.07) is 0.211. The van der Waals surface area contributed by atoms with E-state index in [-0.39, 0.29) is 11.9 Å². The van der Waals surface area contributed by atoms with Crippen LogP contribution in [0.25, 0.3) is 0 Å². The molecule has 68 valence electrons. The Morgan fingerprint density at radius 1 is 1.67 bits per heavy atom. The van der Waals surface area contributed by atoms with Gasteiger partial charge < -0.3 is 9.64 Å². The number of hydrogen-bond acceptors (Lipinski definition) is 2. The number of morpholine rings is 1. The van der Waals surface area contributed by atoms with Gasteiger partial charge in [-0.3, -0.25) is 4.79 Å². The fraction of sp³-hybridized carbons (Fsp3) is 0.667. The minimum atomic E-state index is 0.0910. The third-order valence-corrected chi connectivity index (χ3v) is 1.96. The van der Waals surface area contributed by atoms with Gasteiger partial charge in [0.2, 0.25) is 5.91 Å². The summed E-state index contributed by atoms with van der Waals surface area (Å²) in [5.41, 5.74) is 0. The van der Waals surface area contributed by atoms with Gasteiger partial charge in [-0.1, -0.05) is 6.08 Å². The Labute approximate surface area is 73.0 Å². The maximum Gasteiger partial charge on any atom is 0.246 e. The highest BCUT2D eigenvalue weighted by Gasteiger charge is 2.21. The monoisotopic (exact) mass is 169 g/mol. The van der Waals surface area contributed by atoms with Crippen LogP contribution in [0.4, 0.5) is 0 Å². The average molecular weight is 169 g/mol. The van der Waals surface area contributed by atoms with Crippen LogP contribution in [0.3, 0.4) is 0 Å². The zero-order valence-corrected chi connectivity index (χ0v) is 7.62. The Morgan fingerprint density at radius 3 is 3.00 bits per heavy atom. The number of allylic oxidation sites excluding steroid dienone is 1. The van der Waals surface area contributed by atoms with Crippen molar-refractivity contribution in [2.24, 2.45) is 0 Å². The molecule has 0 bridgehead atoms. The largest absolute Gasteiger partial charge is 0.377 e. The van der Waals surface area contributed by atoms with Crippen LogP contribution in [-0.2, 0) is 9.53 Å². The highest BCUT2D eigenvalue weighted by Crippen LogP contribution is 2.06. The van der Waals surface area contributed by atoms with E-state index >= 15 is 0 Å². The zero-order chi connectivity index (χ0) is 8.97.